The Bertz CT molecular complexity index is 512. The van der Waals surface area contributed by atoms with Crippen molar-refractivity contribution in [1.29, 1.82) is 0 Å². The van der Waals surface area contributed by atoms with E-state index in [0.717, 1.165) is 5.56 Å². The molecule has 0 saturated carbocycles. The van der Waals surface area contributed by atoms with Crippen LogP contribution in [0.4, 0.5) is 0 Å². The van der Waals surface area contributed by atoms with E-state index in [1.165, 1.54) is 14.2 Å². The first-order valence-electron chi connectivity index (χ1n) is 5.06. The van der Waals surface area contributed by atoms with E-state index in [1.54, 1.807) is 19.2 Å². The van der Waals surface area contributed by atoms with Crippen LogP contribution in [-0.4, -0.2) is 29.7 Å². The summed E-state index contributed by atoms with van der Waals surface area (Å²) in [5, 5.41) is 0. The highest BCUT2D eigenvalue weighted by molar-refractivity contribution is 8.13. The van der Waals surface area contributed by atoms with Gasteiger partial charge in [-0.3, -0.25) is 0 Å². The third kappa shape index (κ3) is 4.04. The number of hydrogen-bond acceptors (Lipinski definition) is 5. The molecule has 0 heterocycles. The van der Waals surface area contributed by atoms with Gasteiger partial charge in [-0.1, -0.05) is 0 Å². The van der Waals surface area contributed by atoms with Crippen molar-refractivity contribution in [3.05, 3.63) is 23.3 Å². The molecule has 18 heavy (non-hydrogen) atoms. The summed E-state index contributed by atoms with van der Waals surface area (Å²) >= 11 is 0. The molecule has 7 heteroatoms. The lowest BCUT2D eigenvalue weighted by molar-refractivity contribution is 0.181. The minimum Gasteiger partial charge on any atom is -0.496 e. The molecule has 5 nitrogen and oxygen atoms in total. The van der Waals surface area contributed by atoms with Crippen molar-refractivity contribution in [3.63, 3.8) is 0 Å². The molecule has 0 saturated heterocycles. The molecule has 0 N–H and O–H groups in total. The standard InChI is InChI=1S/C11H15ClO5S/c1-15-6-8-4-11(17-3)9(5-10(8)16-2)7-18(12,13)14/h4-5H,6-7H2,1-3H3. The molecule has 1 rings (SSSR count). The van der Waals surface area contributed by atoms with E-state index in [4.69, 9.17) is 24.9 Å². The smallest absolute Gasteiger partial charge is 0.236 e. The van der Waals surface area contributed by atoms with Gasteiger partial charge in [0, 0.05) is 28.9 Å². The maximum Gasteiger partial charge on any atom is 0.236 e. The first kappa shape index (κ1) is 15.1. The van der Waals surface area contributed by atoms with E-state index in [-0.39, 0.29) is 5.75 Å². The molecule has 0 aliphatic rings. The summed E-state index contributed by atoms with van der Waals surface area (Å²) in [5.74, 6) is 0.654. The van der Waals surface area contributed by atoms with Crippen molar-refractivity contribution in [1.82, 2.24) is 0 Å². The van der Waals surface area contributed by atoms with Crippen LogP contribution in [0, 0.1) is 0 Å². The van der Waals surface area contributed by atoms with E-state index in [9.17, 15) is 8.42 Å². The first-order chi connectivity index (χ1) is 8.41. The summed E-state index contributed by atoms with van der Waals surface area (Å²) in [6, 6.07) is 3.27. The molecule has 0 aromatic heterocycles. The Hall–Kier alpha value is -0.980. The van der Waals surface area contributed by atoms with Crippen molar-refractivity contribution in [3.8, 4) is 11.5 Å². The predicted molar refractivity (Wildman–Crippen MR) is 68.7 cm³/mol. The normalized spacial score (nSPS) is 11.3. The van der Waals surface area contributed by atoms with Crippen LogP contribution in [0.2, 0.25) is 0 Å². The van der Waals surface area contributed by atoms with Gasteiger partial charge in [-0.25, -0.2) is 8.42 Å². The predicted octanol–water partition coefficient (Wildman–Crippen LogP) is 1.92. The second-order valence-corrected chi connectivity index (χ2v) is 6.37. The minimum atomic E-state index is -3.65. The molecule has 0 aliphatic carbocycles. The van der Waals surface area contributed by atoms with Crippen LogP contribution in [0.25, 0.3) is 0 Å². The summed E-state index contributed by atoms with van der Waals surface area (Å²) < 4.78 is 37.6. The number of hydrogen-bond donors (Lipinski definition) is 0. The second-order valence-electron chi connectivity index (χ2n) is 3.59. The van der Waals surface area contributed by atoms with Gasteiger partial charge < -0.3 is 14.2 Å². The molecular weight excluding hydrogens is 280 g/mol. The zero-order chi connectivity index (χ0) is 13.8. The van der Waals surface area contributed by atoms with Gasteiger partial charge in [0.2, 0.25) is 9.05 Å². The van der Waals surface area contributed by atoms with Gasteiger partial charge in [0.25, 0.3) is 0 Å². The molecule has 1 aromatic carbocycles. The van der Waals surface area contributed by atoms with Gasteiger partial charge in [-0.15, -0.1) is 0 Å². The maximum atomic E-state index is 11.1. The van der Waals surface area contributed by atoms with E-state index in [1.807, 2.05) is 0 Å². The van der Waals surface area contributed by atoms with Crippen LogP contribution >= 0.6 is 10.7 Å². The Balaban J connectivity index is 3.25. The fraction of sp³-hybridized carbons (Fsp3) is 0.455. The fourth-order valence-corrected chi connectivity index (χ4v) is 2.54. The Morgan fingerprint density at radius 3 is 2.00 bits per heavy atom. The number of halogens is 1. The van der Waals surface area contributed by atoms with Crippen LogP contribution in [0.5, 0.6) is 11.5 Å². The number of rotatable bonds is 6. The SMILES string of the molecule is COCc1cc(OC)c(CS(=O)(=O)Cl)cc1OC. The first-order valence-corrected chi connectivity index (χ1v) is 7.54. The number of ether oxygens (including phenoxy) is 3. The Morgan fingerprint density at radius 1 is 1.06 bits per heavy atom. The molecule has 0 amide bonds. The quantitative estimate of drug-likeness (QED) is 0.750. The zero-order valence-corrected chi connectivity index (χ0v) is 12.0. The number of benzene rings is 1. The van der Waals surface area contributed by atoms with Crippen molar-refractivity contribution in [2.45, 2.75) is 12.4 Å². The van der Waals surface area contributed by atoms with Gasteiger partial charge in [-0.2, -0.15) is 0 Å². The van der Waals surface area contributed by atoms with E-state index >= 15 is 0 Å². The molecule has 0 spiro atoms. The third-order valence-electron chi connectivity index (χ3n) is 2.31. The lowest BCUT2D eigenvalue weighted by atomic mass is 10.1. The van der Waals surface area contributed by atoms with Gasteiger partial charge >= 0.3 is 0 Å². The van der Waals surface area contributed by atoms with Crippen LogP contribution in [0.1, 0.15) is 11.1 Å². The zero-order valence-electron chi connectivity index (χ0n) is 10.4. The highest BCUT2D eigenvalue weighted by atomic mass is 35.7. The van der Waals surface area contributed by atoms with Crippen molar-refractivity contribution >= 4 is 19.7 Å². The van der Waals surface area contributed by atoms with Gasteiger partial charge in [-0.05, 0) is 12.1 Å². The molecule has 0 aliphatic heterocycles. The summed E-state index contributed by atoms with van der Waals surface area (Å²) in [6.45, 7) is 0.341. The highest BCUT2D eigenvalue weighted by Crippen LogP contribution is 2.31. The van der Waals surface area contributed by atoms with Gasteiger partial charge in [0.05, 0.1) is 26.6 Å². The monoisotopic (exact) mass is 294 g/mol. The summed E-state index contributed by atoms with van der Waals surface area (Å²) in [7, 11) is 6.11. The Labute approximate surface area is 111 Å². The molecule has 0 atom stereocenters. The molecule has 1 aromatic rings. The molecule has 0 fully saturated rings. The molecule has 0 radical (unpaired) electrons. The molecular formula is C11H15ClO5S. The van der Waals surface area contributed by atoms with Crippen molar-refractivity contribution in [2.24, 2.45) is 0 Å². The molecule has 0 unspecified atom stereocenters. The largest absolute Gasteiger partial charge is 0.496 e. The van der Waals surface area contributed by atoms with E-state index < -0.39 is 9.05 Å². The average molecular weight is 295 g/mol. The summed E-state index contributed by atoms with van der Waals surface area (Å²) in [6.07, 6.45) is 0. The van der Waals surface area contributed by atoms with Crippen LogP contribution in [-0.2, 0) is 26.1 Å². The van der Waals surface area contributed by atoms with Gasteiger partial charge in [0.15, 0.2) is 0 Å². The molecule has 102 valence electrons. The molecule has 0 bridgehead atoms. The lowest BCUT2D eigenvalue weighted by Crippen LogP contribution is -2.02. The summed E-state index contributed by atoms with van der Waals surface area (Å²) in [4.78, 5) is 0. The van der Waals surface area contributed by atoms with Crippen molar-refractivity contribution < 1.29 is 22.6 Å². The number of methoxy groups -OCH3 is 3. The van der Waals surface area contributed by atoms with Crippen LogP contribution < -0.4 is 9.47 Å². The Kier molecular flexibility index (Phi) is 5.25. The minimum absolute atomic E-state index is 0.318. The van der Waals surface area contributed by atoms with Crippen LogP contribution in [0.15, 0.2) is 12.1 Å². The van der Waals surface area contributed by atoms with Gasteiger partial charge in [0.1, 0.15) is 11.5 Å². The van der Waals surface area contributed by atoms with Crippen molar-refractivity contribution in [2.75, 3.05) is 21.3 Å². The maximum absolute atomic E-state index is 11.1. The average Bonchev–Trinajstić information content (AvgIpc) is 2.28. The van der Waals surface area contributed by atoms with E-state index in [2.05, 4.69) is 0 Å². The third-order valence-corrected chi connectivity index (χ3v) is 3.29. The summed E-state index contributed by atoms with van der Waals surface area (Å²) in [5.41, 5.74) is 1.22. The van der Waals surface area contributed by atoms with Crippen LogP contribution in [0.3, 0.4) is 0 Å². The van der Waals surface area contributed by atoms with E-state index in [0.29, 0.717) is 23.7 Å². The topological polar surface area (TPSA) is 61.8 Å². The Morgan fingerprint density at radius 2 is 1.56 bits per heavy atom. The fourth-order valence-electron chi connectivity index (χ4n) is 1.59. The lowest BCUT2D eigenvalue weighted by Gasteiger charge is -2.13. The highest BCUT2D eigenvalue weighted by Gasteiger charge is 2.16. The second kappa shape index (κ2) is 6.26.